The van der Waals surface area contributed by atoms with Crippen LogP contribution in [0.2, 0.25) is 0 Å². The second-order valence-corrected chi connectivity index (χ2v) is 3.81. The quantitative estimate of drug-likeness (QED) is 0.819. The summed E-state index contributed by atoms with van der Waals surface area (Å²) in [5, 5.41) is 6.36. The maximum Gasteiger partial charge on any atom is 0.127 e. The van der Waals surface area contributed by atoms with Gasteiger partial charge in [0.15, 0.2) is 0 Å². The predicted octanol–water partition coefficient (Wildman–Crippen LogP) is 1.51. The maximum atomic E-state index is 4.28. The van der Waals surface area contributed by atoms with Gasteiger partial charge in [-0.1, -0.05) is 0 Å². The Labute approximate surface area is 101 Å². The number of imidazole rings is 1. The predicted molar refractivity (Wildman–Crippen MR) is 69.2 cm³/mol. The summed E-state index contributed by atoms with van der Waals surface area (Å²) in [6, 6.07) is 3.94. The molecule has 0 atom stereocenters. The molecule has 2 aromatic heterocycles. The van der Waals surface area contributed by atoms with Crippen LogP contribution in [0.25, 0.3) is 0 Å². The van der Waals surface area contributed by atoms with E-state index < -0.39 is 0 Å². The lowest BCUT2D eigenvalue weighted by molar-refractivity contribution is 0.789. The minimum Gasteiger partial charge on any atom is -0.384 e. The Morgan fingerprint density at radius 1 is 1.29 bits per heavy atom. The van der Waals surface area contributed by atoms with Crippen molar-refractivity contribution in [3.05, 3.63) is 36.5 Å². The highest BCUT2D eigenvalue weighted by Gasteiger charge is 1.99. The third kappa shape index (κ3) is 2.96. The molecule has 0 aromatic carbocycles. The highest BCUT2D eigenvalue weighted by molar-refractivity contribution is 5.51. The fourth-order valence-electron chi connectivity index (χ4n) is 1.63. The van der Waals surface area contributed by atoms with Gasteiger partial charge in [0.05, 0.1) is 0 Å². The van der Waals surface area contributed by atoms with Gasteiger partial charge in [-0.15, -0.1) is 0 Å². The number of anilines is 2. The van der Waals surface area contributed by atoms with E-state index in [1.54, 1.807) is 6.20 Å². The van der Waals surface area contributed by atoms with Crippen LogP contribution in [0, 0.1) is 0 Å². The van der Waals surface area contributed by atoms with Crippen LogP contribution in [0.5, 0.6) is 0 Å². The summed E-state index contributed by atoms with van der Waals surface area (Å²) in [7, 11) is 3.87. The van der Waals surface area contributed by atoms with E-state index in [1.165, 1.54) is 0 Å². The topological polar surface area (TPSA) is 54.8 Å². The molecular formula is C12H17N5. The zero-order valence-electron chi connectivity index (χ0n) is 10.1. The van der Waals surface area contributed by atoms with Gasteiger partial charge in [0, 0.05) is 57.4 Å². The van der Waals surface area contributed by atoms with Gasteiger partial charge in [0.2, 0.25) is 0 Å². The number of rotatable bonds is 5. The highest BCUT2D eigenvalue weighted by atomic mass is 15.0. The van der Waals surface area contributed by atoms with E-state index in [-0.39, 0.29) is 0 Å². The average molecular weight is 231 g/mol. The van der Waals surface area contributed by atoms with Crippen LogP contribution in [-0.4, -0.2) is 28.1 Å². The normalized spacial score (nSPS) is 10.2. The maximum absolute atomic E-state index is 4.28. The van der Waals surface area contributed by atoms with Crippen molar-refractivity contribution >= 4 is 11.5 Å². The molecule has 5 heteroatoms. The molecule has 2 heterocycles. The molecule has 0 fully saturated rings. The fraction of sp³-hybridized carbons (Fsp3) is 0.333. The van der Waals surface area contributed by atoms with Crippen LogP contribution in [-0.2, 0) is 13.5 Å². The number of nitrogens with one attached hydrogen (secondary N) is 2. The lowest BCUT2D eigenvalue weighted by Gasteiger charge is -2.07. The molecule has 5 nitrogen and oxygen atoms in total. The van der Waals surface area contributed by atoms with Gasteiger partial charge in [-0.3, -0.25) is 0 Å². The van der Waals surface area contributed by atoms with E-state index in [0.717, 1.165) is 30.3 Å². The molecule has 0 aliphatic carbocycles. The number of nitrogens with zero attached hydrogens (tertiary/aromatic N) is 3. The Balaban J connectivity index is 1.87. The monoisotopic (exact) mass is 231 g/mol. The Morgan fingerprint density at radius 2 is 2.18 bits per heavy atom. The molecule has 0 aliphatic rings. The van der Waals surface area contributed by atoms with Gasteiger partial charge < -0.3 is 15.2 Å². The van der Waals surface area contributed by atoms with E-state index in [0.29, 0.717) is 0 Å². The summed E-state index contributed by atoms with van der Waals surface area (Å²) >= 11 is 0. The Kier molecular flexibility index (Phi) is 3.59. The summed E-state index contributed by atoms with van der Waals surface area (Å²) in [6.07, 6.45) is 6.47. The summed E-state index contributed by atoms with van der Waals surface area (Å²) < 4.78 is 2.03. The van der Waals surface area contributed by atoms with Crippen molar-refractivity contribution < 1.29 is 0 Å². The van der Waals surface area contributed by atoms with Crippen LogP contribution in [0.4, 0.5) is 11.5 Å². The van der Waals surface area contributed by atoms with E-state index >= 15 is 0 Å². The third-order valence-electron chi connectivity index (χ3n) is 2.61. The number of pyridine rings is 1. The van der Waals surface area contributed by atoms with Crippen LogP contribution in [0.1, 0.15) is 5.82 Å². The molecule has 0 bridgehead atoms. The lowest BCUT2D eigenvalue weighted by Crippen LogP contribution is -2.08. The zero-order chi connectivity index (χ0) is 12.1. The molecule has 0 spiro atoms. The minimum absolute atomic E-state index is 0.859. The minimum atomic E-state index is 0.859. The summed E-state index contributed by atoms with van der Waals surface area (Å²) in [6.45, 7) is 0.859. The largest absolute Gasteiger partial charge is 0.384 e. The van der Waals surface area contributed by atoms with Gasteiger partial charge >= 0.3 is 0 Å². The molecule has 2 N–H and O–H groups in total. The van der Waals surface area contributed by atoms with E-state index in [2.05, 4.69) is 20.6 Å². The highest BCUT2D eigenvalue weighted by Crippen LogP contribution is 2.11. The van der Waals surface area contributed by atoms with E-state index in [4.69, 9.17) is 0 Å². The fourth-order valence-corrected chi connectivity index (χ4v) is 1.63. The molecule has 0 amide bonds. The first-order valence-electron chi connectivity index (χ1n) is 5.63. The molecule has 0 aliphatic heterocycles. The molecule has 2 rings (SSSR count). The molecule has 17 heavy (non-hydrogen) atoms. The SMILES string of the molecule is CNc1cc(NCCc2nccn2C)ccn1. The van der Waals surface area contributed by atoms with E-state index in [9.17, 15) is 0 Å². The standard InChI is InChI=1S/C12H17N5/c1-13-11-9-10(3-5-15-11)14-6-4-12-16-7-8-17(12)2/h3,5,7-9H,4,6H2,1-2H3,(H2,13,14,15). The number of hydrogen-bond donors (Lipinski definition) is 2. The van der Waals surface area contributed by atoms with E-state index in [1.807, 2.05) is 43.2 Å². The molecular weight excluding hydrogens is 214 g/mol. The van der Waals surface area contributed by atoms with Crippen LogP contribution in [0.3, 0.4) is 0 Å². The van der Waals surface area contributed by atoms with Gasteiger partial charge in [-0.2, -0.15) is 0 Å². The summed E-state index contributed by atoms with van der Waals surface area (Å²) in [4.78, 5) is 8.44. The van der Waals surface area contributed by atoms with Crippen molar-refractivity contribution in [3.63, 3.8) is 0 Å². The van der Waals surface area contributed by atoms with Crippen molar-refractivity contribution in [1.29, 1.82) is 0 Å². The Bertz CT molecular complexity index is 477. The molecule has 0 radical (unpaired) electrons. The zero-order valence-corrected chi connectivity index (χ0v) is 10.1. The van der Waals surface area contributed by atoms with Crippen molar-refractivity contribution in [1.82, 2.24) is 14.5 Å². The summed E-state index contributed by atoms with van der Waals surface area (Å²) in [5.41, 5.74) is 1.07. The Hall–Kier alpha value is -2.04. The first-order chi connectivity index (χ1) is 8.29. The van der Waals surface area contributed by atoms with Gasteiger partial charge in [0.25, 0.3) is 0 Å². The van der Waals surface area contributed by atoms with Crippen LogP contribution >= 0.6 is 0 Å². The van der Waals surface area contributed by atoms with Crippen LogP contribution < -0.4 is 10.6 Å². The molecule has 0 saturated carbocycles. The second-order valence-electron chi connectivity index (χ2n) is 3.81. The first-order valence-corrected chi connectivity index (χ1v) is 5.63. The first kappa shape index (κ1) is 11.4. The number of hydrogen-bond acceptors (Lipinski definition) is 4. The second kappa shape index (κ2) is 5.34. The molecule has 2 aromatic rings. The van der Waals surface area contributed by atoms with Crippen LogP contribution in [0.15, 0.2) is 30.7 Å². The number of aromatic nitrogens is 3. The van der Waals surface area contributed by atoms with Gasteiger partial charge in [-0.05, 0) is 6.07 Å². The van der Waals surface area contributed by atoms with Crippen molar-refractivity contribution in [2.75, 3.05) is 24.2 Å². The summed E-state index contributed by atoms with van der Waals surface area (Å²) in [5.74, 6) is 1.95. The van der Waals surface area contributed by atoms with Crippen molar-refractivity contribution in [2.45, 2.75) is 6.42 Å². The Morgan fingerprint density at radius 3 is 2.88 bits per heavy atom. The third-order valence-corrected chi connectivity index (χ3v) is 2.61. The number of aryl methyl sites for hydroxylation is 1. The molecule has 0 saturated heterocycles. The average Bonchev–Trinajstić information content (AvgIpc) is 2.76. The van der Waals surface area contributed by atoms with Gasteiger partial charge in [-0.25, -0.2) is 9.97 Å². The van der Waals surface area contributed by atoms with Crippen molar-refractivity contribution in [3.8, 4) is 0 Å². The lowest BCUT2D eigenvalue weighted by atomic mass is 10.3. The smallest absolute Gasteiger partial charge is 0.127 e. The van der Waals surface area contributed by atoms with Gasteiger partial charge in [0.1, 0.15) is 11.6 Å². The van der Waals surface area contributed by atoms with Crippen molar-refractivity contribution in [2.24, 2.45) is 7.05 Å². The molecule has 0 unspecified atom stereocenters. The molecule has 90 valence electrons.